The molecule has 0 spiro atoms. The average molecular weight is 771 g/mol. The molecule has 0 radical (unpaired) electrons. The fraction of sp³-hybridized carbons (Fsp3) is 0.564. The first-order chi connectivity index (χ1) is 27.9. The van der Waals surface area contributed by atoms with Gasteiger partial charge in [0.1, 0.15) is 0 Å². The third-order valence-electron chi connectivity index (χ3n) is 12.7. The molecule has 0 aliphatic carbocycles. The highest BCUT2D eigenvalue weighted by Gasteiger charge is 2.18. The molecule has 2 atom stereocenters. The van der Waals surface area contributed by atoms with Gasteiger partial charge in [0.05, 0.1) is 0 Å². The Bertz CT molecular complexity index is 1510. The van der Waals surface area contributed by atoms with Crippen LogP contribution in [0.25, 0.3) is 0 Å². The summed E-state index contributed by atoms with van der Waals surface area (Å²) in [5, 5.41) is 0. The molecular weight excluding hydrogens is 689 g/mol. The molecule has 4 aromatic carbocycles. The van der Waals surface area contributed by atoms with Gasteiger partial charge in [0.2, 0.25) is 0 Å². The van der Waals surface area contributed by atoms with E-state index in [0.29, 0.717) is 11.8 Å². The quantitative estimate of drug-likeness (QED) is 0.0410. The molecule has 0 saturated carbocycles. The molecule has 0 fully saturated rings. The fourth-order valence-corrected chi connectivity index (χ4v) is 9.17. The van der Waals surface area contributed by atoms with E-state index >= 15 is 0 Å². The summed E-state index contributed by atoms with van der Waals surface area (Å²) in [6, 6.07) is 32.1. The van der Waals surface area contributed by atoms with Crippen molar-refractivity contribution in [2.24, 2.45) is 0 Å². The first-order valence-electron chi connectivity index (χ1n) is 23.8. The minimum Gasteiger partial charge on any atom is -0.399 e. The molecule has 4 aromatic rings. The molecule has 2 heteroatoms. The number of nitrogens with two attached hydrogens (primary N) is 2. The van der Waals surface area contributed by atoms with E-state index < -0.39 is 0 Å². The molecule has 57 heavy (non-hydrogen) atoms. The van der Waals surface area contributed by atoms with E-state index in [2.05, 4.69) is 113 Å². The van der Waals surface area contributed by atoms with Crippen LogP contribution in [0.5, 0.6) is 0 Å². The van der Waals surface area contributed by atoms with Gasteiger partial charge in [-0.1, -0.05) is 197 Å². The molecule has 0 aliphatic rings. The van der Waals surface area contributed by atoms with Crippen molar-refractivity contribution in [1.29, 1.82) is 0 Å². The summed E-state index contributed by atoms with van der Waals surface area (Å²) < 4.78 is 0. The first kappa shape index (κ1) is 46.2. The second kappa shape index (κ2) is 27.2. The van der Waals surface area contributed by atoms with Gasteiger partial charge in [0, 0.05) is 23.2 Å². The van der Waals surface area contributed by atoms with Crippen LogP contribution in [-0.2, 0) is 12.8 Å². The molecule has 2 unspecified atom stereocenters. The van der Waals surface area contributed by atoms with Crippen LogP contribution >= 0.6 is 0 Å². The SMILES string of the molecule is CCCCCC(c1ccc(CCCCCCCCCCCCCCCCCc2ccc(C(CCCCC)c3ccc(N)cc3C)cc2)cc1)c1ccc(N)cc1C. The van der Waals surface area contributed by atoms with E-state index in [-0.39, 0.29) is 0 Å². The van der Waals surface area contributed by atoms with E-state index in [4.69, 9.17) is 11.5 Å². The van der Waals surface area contributed by atoms with Crippen LogP contribution < -0.4 is 11.5 Å². The van der Waals surface area contributed by atoms with Crippen LogP contribution in [0.2, 0.25) is 0 Å². The maximum atomic E-state index is 6.08. The largest absolute Gasteiger partial charge is 0.399 e. The predicted octanol–water partition coefficient (Wildman–Crippen LogP) is 16.5. The Hall–Kier alpha value is -3.52. The number of anilines is 2. The van der Waals surface area contributed by atoms with Crippen molar-refractivity contribution in [1.82, 2.24) is 0 Å². The van der Waals surface area contributed by atoms with Crippen molar-refractivity contribution >= 4 is 11.4 Å². The van der Waals surface area contributed by atoms with Crippen molar-refractivity contribution in [3.05, 3.63) is 129 Å². The van der Waals surface area contributed by atoms with Gasteiger partial charge in [0.25, 0.3) is 0 Å². The molecule has 0 aromatic heterocycles. The fourth-order valence-electron chi connectivity index (χ4n) is 9.17. The molecular formula is C55H82N2. The average Bonchev–Trinajstić information content (AvgIpc) is 3.21. The molecule has 0 amide bonds. The van der Waals surface area contributed by atoms with Gasteiger partial charge in [-0.15, -0.1) is 0 Å². The number of hydrogen-bond acceptors (Lipinski definition) is 2. The zero-order valence-electron chi connectivity index (χ0n) is 37.1. The van der Waals surface area contributed by atoms with Gasteiger partial charge in [-0.3, -0.25) is 0 Å². The van der Waals surface area contributed by atoms with E-state index in [0.717, 1.165) is 11.4 Å². The monoisotopic (exact) mass is 771 g/mol. The van der Waals surface area contributed by atoms with E-state index in [1.54, 1.807) is 0 Å². The zero-order chi connectivity index (χ0) is 40.5. The van der Waals surface area contributed by atoms with Crippen LogP contribution in [0, 0.1) is 13.8 Å². The summed E-state index contributed by atoms with van der Waals surface area (Å²) in [6.45, 7) is 9.01. The van der Waals surface area contributed by atoms with Gasteiger partial charge >= 0.3 is 0 Å². The molecule has 2 nitrogen and oxygen atoms in total. The Labute approximate surface area is 351 Å². The number of nitrogen functional groups attached to an aromatic ring is 2. The lowest BCUT2D eigenvalue weighted by Gasteiger charge is -2.21. The Morgan fingerprint density at radius 1 is 0.368 bits per heavy atom. The van der Waals surface area contributed by atoms with Crippen LogP contribution in [0.1, 0.15) is 218 Å². The maximum absolute atomic E-state index is 6.08. The normalized spacial score (nSPS) is 12.6. The maximum Gasteiger partial charge on any atom is 0.0316 e. The van der Waals surface area contributed by atoms with Crippen LogP contribution in [0.3, 0.4) is 0 Å². The Morgan fingerprint density at radius 2 is 0.684 bits per heavy atom. The highest BCUT2D eigenvalue weighted by molar-refractivity contribution is 5.49. The molecule has 0 heterocycles. The minimum absolute atomic E-state index is 0.466. The van der Waals surface area contributed by atoms with Crippen molar-refractivity contribution in [3.8, 4) is 0 Å². The van der Waals surface area contributed by atoms with Gasteiger partial charge < -0.3 is 11.5 Å². The standard InChI is InChI=1S/C55H82N2/c1-5-7-22-28-54(52-40-38-50(56)42-44(52)3)48-34-30-46(31-35-48)26-24-20-18-16-14-12-10-9-11-13-15-17-19-21-25-27-47-32-36-49(37-33-47)55(29-23-8-6-2)53-41-39-51(57)43-45(53)4/h30-43,54-55H,5-29,56-57H2,1-4H3. The summed E-state index contributed by atoms with van der Waals surface area (Å²) >= 11 is 0. The summed E-state index contributed by atoms with van der Waals surface area (Å²) in [6.07, 6.45) is 33.5. The van der Waals surface area contributed by atoms with Crippen molar-refractivity contribution < 1.29 is 0 Å². The second-order valence-corrected chi connectivity index (χ2v) is 17.6. The number of rotatable bonds is 30. The van der Waals surface area contributed by atoms with Gasteiger partial charge in [0.15, 0.2) is 0 Å². The predicted molar refractivity (Wildman–Crippen MR) is 253 cm³/mol. The highest BCUT2D eigenvalue weighted by Crippen LogP contribution is 2.35. The summed E-state index contributed by atoms with van der Waals surface area (Å²) in [5.74, 6) is 0.932. The van der Waals surface area contributed by atoms with Crippen molar-refractivity contribution in [2.45, 2.75) is 200 Å². The summed E-state index contributed by atoms with van der Waals surface area (Å²) in [4.78, 5) is 0. The number of hydrogen-bond donors (Lipinski definition) is 2. The Kier molecular flexibility index (Phi) is 22.1. The Morgan fingerprint density at radius 3 is 0.982 bits per heavy atom. The molecule has 4 rings (SSSR count). The topological polar surface area (TPSA) is 52.0 Å². The molecule has 0 saturated heterocycles. The lowest BCUT2D eigenvalue weighted by atomic mass is 9.84. The lowest BCUT2D eigenvalue weighted by Crippen LogP contribution is -2.05. The third kappa shape index (κ3) is 17.1. The lowest BCUT2D eigenvalue weighted by molar-refractivity contribution is 0.530. The third-order valence-corrected chi connectivity index (χ3v) is 12.7. The van der Waals surface area contributed by atoms with Crippen LogP contribution in [0.15, 0.2) is 84.9 Å². The van der Waals surface area contributed by atoms with E-state index in [9.17, 15) is 0 Å². The number of aryl methyl sites for hydroxylation is 4. The van der Waals surface area contributed by atoms with Crippen molar-refractivity contribution in [2.75, 3.05) is 11.5 Å². The van der Waals surface area contributed by atoms with E-state index in [1.165, 1.54) is 205 Å². The molecule has 0 aliphatic heterocycles. The number of benzene rings is 4. The Balaban J connectivity index is 0.981. The molecule has 0 bridgehead atoms. The van der Waals surface area contributed by atoms with Crippen LogP contribution in [-0.4, -0.2) is 0 Å². The second-order valence-electron chi connectivity index (χ2n) is 17.6. The first-order valence-corrected chi connectivity index (χ1v) is 23.8. The highest BCUT2D eigenvalue weighted by atomic mass is 14.5. The number of unbranched alkanes of at least 4 members (excludes halogenated alkanes) is 18. The molecule has 4 N–H and O–H groups in total. The summed E-state index contributed by atoms with van der Waals surface area (Å²) in [7, 11) is 0. The van der Waals surface area contributed by atoms with Gasteiger partial charge in [-0.25, -0.2) is 0 Å². The van der Waals surface area contributed by atoms with Gasteiger partial charge in [-0.2, -0.15) is 0 Å². The van der Waals surface area contributed by atoms with Crippen LogP contribution in [0.4, 0.5) is 11.4 Å². The minimum atomic E-state index is 0.466. The van der Waals surface area contributed by atoms with Gasteiger partial charge in [-0.05, 0) is 121 Å². The summed E-state index contributed by atoms with van der Waals surface area (Å²) in [5.41, 5.74) is 25.3. The van der Waals surface area contributed by atoms with E-state index in [1.807, 2.05) is 0 Å². The zero-order valence-corrected chi connectivity index (χ0v) is 37.1. The van der Waals surface area contributed by atoms with Crippen molar-refractivity contribution in [3.63, 3.8) is 0 Å². The molecule has 312 valence electrons. The smallest absolute Gasteiger partial charge is 0.0316 e.